The number of carbonyl (C=O) groups is 1. The average molecular weight is 360 g/mol. The van der Waals surface area contributed by atoms with Gasteiger partial charge in [-0.15, -0.1) is 0 Å². The number of likely N-dealkylation sites (N-methyl/N-ethyl adjacent to an activating group) is 2. The van der Waals surface area contributed by atoms with Crippen molar-refractivity contribution in [2.75, 3.05) is 27.7 Å². The van der Waals surface area contributed by atoms with Gasteiger partial charge in [-0.3, -0.25) is 4.79 Å². The van der Waals surface area contributed by atoms with Crippen LogP contribution in [0.1, 0.15) is 29.6 Å². The summed E-state index contributed by atoms with van der Waals surface area (Å²) in [7, 11) is 6.04. The fourth-order valence-electron chi connectivity index (χ4n) is 2.74. The second-order valence-corrected chi connectivity index (χ2v) is 7.14. The number of rotatable bonds is 4. The van der Waals surface area contributed by atoms with Gasteiger partial charge >= 0.3 is 0 Å². The van der Waals surface area contributed by atoms with Gasteiger partial charge in [0.2, 0.25) is 0 Å². The molecule has 0 atom stereocenters. The van der Waals surface area contributed by atoms with E-state index in [2.05, 4.69) is 34.9 Å². The third kappa shape index (κ3) is 3.18. The lowest BCUT2D eigenvalue weighted by Crippen LogP contribution is -2.57. The summed E-state index contributed by atoms with van der Waals surface area (Å²) >= 11 is 9.39. The van der Waals surface area contributed by atoms with Crippen molar-refractivity contribution in [3.63, 3.8) is 0 Å². The van der Waals surface area contributed by atoms with Gasteiger partial charge in [0, 0.05) is 34.2 Å². The molecule has 1 aromatic rings. The Morgan fingerprint density at radius 3 is 2.40 bits per heavy atom. The van der Waals surface area contributed by atoms with Crippen molar-refractivity contribution < 1.29 is 4.79 Å². The molecule has 3 nitrogen and oxygen atoms in total. The summed E-state index contributed by atoms with van der Waals surface area (Å²) in [4.78, 5) is 16.6. The zero-order chi connectivity index (χ0) is 14.9. The minimum Gasteiger partial charge on any atom is -0.340 e. The Labute approximate surface area is 134 Å². The summed E-state index contributed by atoms with van der Waals surface area (Å²) in [6, 6.07) is 5.31. The highest BCUT2D eigenvalue weighted by Gasteiger charge is 2.40. The van der Waals surface area contributed by atoms with Crippen LogP contribution in [0.5, 0.6) is 0 Å². The molecule has 0 heterocycles. The van der Waals surface area contributed by atoms with E-state index in [4.69, 9.17) is 11.6 Å². The van der Waals surface area contributed by atoms with Gasteiger partial charge in [-0.05, 0) is 51.6 Å². The maximum atomic E-state index is 12.5. The van der Waals surface area contributed by atoms with E-state index in [1.54, 1.807) is 17.0 Å². The van der Waals surface area contributed by atoms with Crippen LogP contribution in [-0.4, -0.2) is 48.9 Å². The fourth-order valence-corrected chi connectivity index (χ4v) is 3.60. The van der Waals surface area contributed by atoms with Crippen LogP contribution in [0.4, 0.5) is 0 Å². The third-order valence-electron chi connectivity index (χ3n) is 4.22. The van der Waals surface area contributed by atoms with Crippen molar-refractivity contribution in [1.82, 2.24) is 9.80 Å². The summed E-state index contributed by atoms with van der Waals surface area (Å²) in [5.41, 5.74) is 0.764. The molecule has 0 radical (unpaired) electrons. The first-order valence-corrected chi connectivity index (χ1v) is 7.90. The molecule has 0 aromatic heterocycles. The first-order valence-electron chi connectivity index (χ1n) is 6.73. The zero-order valence-electron chi connectivity index (χ0n) is 12.1. The van der Waals surface area contributed by atoms with Crippen molar-refractivity contribution in [2.24, 2.45) is 0 Å². The average Bonchev–Trinajstić information content (AvgIpc) is 2.30. The Morgan fingerprint density at radius 2 is 1.95 bits per heavy atom. The number of halogens is 2. The Bertz CT molecular complexity index is 494. The zero-order valence-corrected chi connectivity index (χ0v) is 14.5. The minimum absolute atomic E-state index is 0.0151. The topological polar surface area (TPSA) is 23.6 Å². The van der Waals surface area contributed by atoms with Crippen LogP contribution >= 0.6 is 27.5 Å². The second-order valence-electron chi connectivity index (χ2n) is 5.79. The van der Waals surface area contributed by atoms with Crippen LogP contribution in [0.25, 0.3) is 0 Å². The molecule has 20 heavy (non-hydrogen) atoms. The van der Waals surface area contributed by atoms with Crippen molar-refractivity contribution in [3.05, 3.63) is 33.3 Å². The molecule has 0 unspecified atom stereocenters. The Balaban J connectivity index is 2.12. The van der Waals surface area contributed by atoms with E-state index in [-0.39, 0.29) is 11.4 Å². The number of amides is 1. The molecular weight excluding hydrogens is 340 g/mol. The van der Waals surface area contributed by atoms with E-state index in [1.165, 1.54) is 6.42 Å². The SMILES string of the molecule is CN(CC1(N(C)C)CCC1)C(=O)c1cc(Cl)cc(Br)c1. The summed E-state index contributed by atoms with van der Waals surface area (Å²) in [6.45, 7) is 0.753. The van der Waals surface area contributed by atoms with Crippen molar-refractivity contribution in [2.45, 2.75) is 24.8 Å². The van der Waals surface area contributed by atoms with Gasteiger partial charge in [-0.25, -0.2) is 0 Å². The van der Waals surface area contributed by atoms with Crippen molar-refractivity contribution >= 4 is 33.4 Å². The van der Waals surface area contributed by atoms with Crippen molar-refractivity contribution in [1.29, 1.82) is 0 Å². The second kappa shape index (κ2) is 6.04. The number of benzene rings is 1. The summed E-state index contributed by atoms with van der Waals surface area (Å²) < 4.78 is 0.827. The molecule has 0 aliphatic heterocycles. The third-order valence-corrected chi connectivity index (χ3v) is 4.90. The molecule has 1 aliphatic rings. The molecule has 1 amide bonds. The van der Waals surface area contributed by atoms with Crippen LogP contribution in [-0.2, 0) is 0 Å². The predicted molar refractivity (Wildman–Crippen MR) is 86.4 cm³/mol. The lowest BCUT2D eigenvalue weighted by atomic mass is 9.75. The number of hydrogen-bond acceptors (Lipinski definition) is 2. The first-order chi connectivity index (χ1) is 9.34. The molecule has 1 aliphatic carbocycles. The van der Waals surface area contributed by atoms with E-state index in [0.717, 1.165) is 23.9 Å². The quantitative estimate of drug-likeness (QED) is 0.819. The molecule has 0 saturated heterocycles. The van der Waals surface area contributed by atoms with E-state index in [0.29, 0.717) is 10.6 Å². The molecule has 0 spiro atoms. The predicted octanol–water partition coefficient (Wildman–Crippen LogP) is 3.66. The molecule has 0 bridgehead atoms. The molecular formula is C15H20BrClN2O. The molecule has 1 aromatic carbocycles. The molecule has 0 N–H and O–H groups in total. The van der Waals surface area contributed by atoms with Gasteiger partial charge in [0.05, 0.1) is 0 Å². The van der Waals surface area contributed by atoms with Crippen LogP contribution in [0.15, 0.2) is 22.7 Å². The van der Waals surface area contributed by atoms with Gasteiger partial charge in [-0.2, -0.15) is 0 Å². The van der Waals surface area contributed by atoms with Crippen LogP contribution in [0, 0.1) is 0 Å². The van der Waals surface area contributed by atoms with E-state index in [9.17, 15) is 4.79 Å². The van der Waals surface area contributed by atoms with Gasteiger partial charge in [0.25, 0.3) is 5.91 Å². The van der Waals surface area contributed by atoms with Gasteiger partial charge < -0.3 is 9.80 Å². The van der Waals surface area contributed by atoms with Gasteiger partial charge in [0.15, 0.2) is 0 Å². The number of nitrogens with zero attached hydrogens (tertiary/aromatic N) is 2. The lowest BCUT2D eigenvalue weighted by Gasteiger charge is -2.49. The summed E-state index contributed by atoms with van der Waals surface area (Å²) in [5, 5.41) is 0.571. The van der Waals surface area contributed by atoms with E-state index >= 15 is 0 Å². The molecule has 5 heteroatoms. The van der Waals surface area contributed by atoms with Crippen LogP contribution < -0.4 is 0 Å². The first kappa shape index (κ1) is 15.8. The summed E-state index contributed by atoms with van der Waals surface area (Å²) in [6.07, 6.45) is 3.54. The standard InChI is InChI=1S/C15H20BrClN2O/c1-18(2)15(5-4-6-15)10-19(3)14(20)11-7-12(16)9-13(17)8-11/h7-9H,4-6,10H2,1-3H3. The van der Waals surface area contributed by atoms with Gasteiger partial charge in [0.1, 0.15) is 0 Å². The maximum Gasteiger partial charge on any atom is 0.253 e. The van der Waals surface area contributed by atoms with Crippen LogP contribution in [0.2, 0.25) is 5.02 Å². The molecule has 2 rings (SSSR count). The van der Waals surface area contributed by atoms with E-state index < -0.39 is 0 Å². The smallest absolute Gasteiger partial charge is 0.253 e. The van der Waals surface area contributed by atoms with Gasteiger partial charge in [-0.1, -0.05) is 27.5 Å². The molecule has 1 fully saturated rings. The monoisotopic (exact) mass is 358 g/mol. The minimum atomic E-state index is 0.0151. The van der Waals surface area contributed by atoms with Crippen molar-refractivity contribution in [3.8, 4) is 0 Å². The molecule has 1 saturated carbocycles. The highest BCUT2D eigenvalue weighted by Crippen LogP contribution is 2.36. The summed E-state index contributed by atoms with van der Waals surface area (Å²) in [5.74, 6) is 0.0151. The van der Waals surface area contributed by atoms with Crippen LogP contribution in [0.3, 0.4) is 0 Å². The Kier molecular flexibility index (Phi) is 4.77. The fraction of sp³-hybridized carbons (Fsp3) is 0.533. The highest BCUT2D eigenvalue weighted by atomic mass is 79.9. The largest absolute Gasteiger partial charge is 0.340 e. The van der Waals surface area contributed by atoms with E-state index in [1.807, 2.05) is 13.1 Å². The number of hydrogen-bond donors (Lipinski definition) is 0. The molecule has 110 valence electrons. The Morgan fingerprint density at radius 1 is 1.30 bits per heavy atom. The maximum absolute atomic E-state index is 12.5. The highest BCUT2D eigenvalue weighted by molar-refractivity contribution is 9.10. The normalized spacial score (nSPS) is 16.9. The Hall–Kier alpha value is -0.580. The lowest BCUT2D eigenvalue weighted by molar-refractivity contribution is 0.0252. The number of carbonyl (C=O) groups excluding carboxylic acids is 1.